The fourth-order valence-electron chi connectivity index (χ4n) is 6.38. The fourth-order valence-corrected chi connectivity index (χ4v) is 7.87. The maximum Gasteiger partial charge on any atom is 0.309 e. The number of piperidine rings is 1. The third-order valence-corrected chi connectivity index (χ3v) is 10.7. The molecule has 0 bridgehead atoms. The summed E-state index contributed by atoms with van der Waals surface area (Å²) < 4.78 is 44.8. The van der Waals surface area contributed by atoms with E-state index >= 15 is 4.39 Å². The van der Waals surface area contributed by atoms with Crippen LogP contribution in [-0.4, -0.2) is 73.6 Å². The summed E-state index contributed by atoms with van der Waals surface area (Å²) in [7, 11) is 3.45. The van der Waals surface area contributed by atoms with Crippen molar-refractivity contribution in [3.8, 4) is 0 Å². The van der Waals surface area contributed by atoms with Crippen molar-refractivity contribution in [2.75, 3.05) is 35.6 Å². The van der Waals surface area contributed by atoms with Gasteiger partial charge in [-0.25, -0.2) is 18.2 Å². The number of carbonyl (C=O) groups is 1. The minimum atomic E-state index is -0.812. The first-order valence-corrected chi connectivity index (χ1v) is 14.8. The second kappa shape index (κ2) is 10.2. The molecule has 40 heavy (non-hydrogen) atoms. The van der Waals surface area contributed by atoms with Crippen LogP contribution in [-0.2, 0) is 4.79 Å². The second-order valence-electron chi connectivity index (χ2n) is 11.7. The van der Waals surface area contributed by atoms with E-state index in [9.17, 15) is 18.7 Å². The minimum absolute atomic E-state index is 0.0212. The molecule has 0 spiro atoms. The molecule has 6 rings (SSSR count). The number of nitrogens with zero attached hydrogens (tertiary/aromatic N) is 6. The van der Waals surface area contributed by atoms with Crippen LogP contribution in [0.3, 0.4) is 0 Å². The third-order valence-electron chi connectivity index (χ3n) is 8.94. The molecule has 0 unspecified atom stereocenters. The van der Waals surface area contributed by atoms with Gasteiger partial charge in [-0.05, 0) is 57.9 Å². The quantitative estimate of drug-likeness (QED) is 0.403. The van der Waals surface area contributed by atoms with Crippen LogP contribution in [0.2, 0.25) is 0 Å². The number of pyridine rings is 2. The maximum atomic E-state index is 15.1. The number of halogens is 3. The molecule has 2 aliphatic heterocycles. The molecule has 1 N–H and O–H groups in total. The van der Waals surface area contributed by atoms with Gasteiger partial charge in [0.25, 0.3) is 0 Å². The van der Waals surface area contributed by atoms with Crippen molar-refractivity contribution in [2.45, 2.75) is 51.6 Å². The maximum absolute atomic E-state index is 15.1. The lowest BCUT2D eigenvalue weighted by atomic mass is 9.65. The molecule has 2 atom stereocenters. The lowest BCUT2D eigenvalue weighted by molar-refractivity contribution is -0.158. The van der Waals surface area contributed by atoms with E-state index in [0.29, 0.717) is 28.2 Å². The Bertz CT molecular complexity index is 1450. The Kier molecular flexibility index (Phi) is 7.02. The smallest absolute Gasteiger partial charge is 0.309 e. The van der Waals surface area contributed by atoms with E-state index in [2.05, 4.69) is 35.2 Å². The zero-order chi connectivity index (χ0) is 28.3. The van der Waals surface area contributed by atoms with Crippen molar-refractivity contribution < 1.29 is 23.1 Å². The van der Waals surface area contributed by atoms with E-state index in [1.165, 1.54) is 22.3 Å². The summed E-state index contributed by atoms with van der Waals surface area (Å²) in [5.41, 5.74) is -0.0292. The van der Waals surface area contributed by atoms with Crippen molar-refractivity contribution in [1.82, 2.24) is 19.9 Å². The molecule has 8 nitrogen and oxygen atoms in total. The highest BCUT2D eigenvalue weighted by atomic mass is 32.1. The molecule has 3 aliphatic rings. The van der Waals surface area contributed by atoms with Crippen LogP contribution in [0.25, 0.3) is 10.3 Å². The van der Waals surface area contributed by atoms with Gasteiger partial charge >= 0.3 is 5.97 Å². The van der Waals surface area contributed by atoms with Gasteiger partial charge in [0.2, 0.25) is 0 Å². The molecule has 3 radical (unpaired) electrons. The van der Waals surface area contributed by atoms with Crippen LogP contribution in [0.1, 0.15) is 51.3 Å². The van der Waals surface area contributed by atoms with Crippen LogP contribution in [0, 0.1) is 34.7 Å². The highest BCUT2D eigenvalue weighted by molar-refractivity contribution is 7.22. The summed E-state index contributed by atoms with van der Waals surface area (Å²) in [6, 6.07) is 0.374. The number of hydrogen-bond acceptors (Lipinski definition) is 8. The molecule has 3 aromatic heterocycles. The molecule has 2 saturated heterocycles. The highest BCUT2D eigenvalue weighted by Crippen LogP contribution is 2.46. The Morgan fingerprint density at radius 2 is 1.93 bits per heavy atom. The molecule has 0 aromatic carbocycles. The lowest BCUT2D eigenvalue weighted by Crippen LogP contribution is -2.58. The van der Waals surface area contributed by atoms with Crippen molar-refractivity contribution >= 4 is 48.9 Å². The molecule has 0 amide bonds. The first-order chi connectivity index (χ1) is 19.0. The number of thiazole rings is 1. The Balaban J connectivity index is 1.14. The fraction of sp³-hybridized carbons (Fsp3) is 0.556. The number of hydrogen-bond donors (Lipinski definition) is 1. The zero-order valence-corrected chi connectivity index (χ0v) is 24.1. The van der Waals surface area contributed by atoms with E-state index in [-0.39, 0.29) is 11.4 Å². The zero-order valence-electron chi connectivity index (χ0n) is 22.3. The van der Waals surface area contributed by atoms with Gasteiger partial charge in [0.1, 0.15) is 16.3 Å². The number of fused-ring (bicyclic) bond motifs is 1. The predicted molar refractivity (Wildman–Crippen MR) is 147 cm³/mol. The minimum Gasteiger partial charge on any atom is -0.481 e. The van der Waals surface area contributed by atoms with Crippen molar-refractivity contribution in [1.29, 1.82) is 0 Å². The molecular formula is C27H30F3N6O2SSi. The molecule has 13 heteroatoms. The van der Waals surface area contributed by atoms with Crippen LogP contribution in [0.4, 0.5) is 24.0 Å². The van der Waals surface area contributed by atoms with Crippen LogP contribution >= 0.6 is 11.3 Å². The number of anilines is 2. The van der Waals surface area contributed by atoms with Crippen molar-refractivity contribution in [3.63, 3.8) is 0 Å². The molecule has 211 valence electrons. The van der Waals surface area contributed by atoms with Gasteiger partial charge in [-0.15, -0.1) is 0 Å². The molecule has 1 saturated carbocycles. The number of likely N-dealkylation sites (tertiary alicyclic amines) is 1. The number of carboxylic acid groups (broad SMARTS) is 1. The van der Waals surface area contributed by atoms with Crippen LogP contribution in [0.15, 0.2) is 18.5 Å². The van der Waals surface area contributed by atoms with Gasteiger partial charge < -0.3 is 19.5 Å². The third kappa shape index (κ3) is 4.75. The van der Waals surface area contributed by atoms with Crippen molar-refractivity contribution in [2.24, 2.45) is 17.3 Å². The van der Waals surface area contributed by atoms with E-state index in [0.717, 1.165) is 69.0 Å². The number of aromatic nitrogens is 3. The van der Waals surface area contributed by atoms with E-state index < -0.39 is 34.9 Å². The van der Waals surface area contributed by atoms with Crippen LogP contribution in [0.5, 0.6) is 0 Å². The first kappa shape index (κ1) is 27.4. The van der Waals surface area contributed by atoms with Gasteiger partial charge in [-0.2, -0.15) is 4.98 Å². The Labute approximate surface area is 237 Å². The standard InChI is InChI=1S/C27H30F3N6O2SSi/c1-14(21-19(29)6-17(28)9-31-21)36(40)22-20(30)10-32-24-23(22)39-26(33-24)35-12-16(13-35)15-4-3-5-34(11-15)18-7-27(2,8-18)25(37)38/h6,9-10,14-16,18H,3-5,7-8,11-13H2,1-2H3,(H,37,38)/t14-,15-,18?,27?/m0/s1. The molecule has 3 fully saturated rings. The van der Waals surface area contributed by atoms with E-state index in [1.54, 1.807) is 6.92 Å². The summed E-state index contributed by atoms with van der Waals surface area (Å²) in [6.07, 6.45) is 5.76. The number of aliphatic carboxylic acids is 1. The summed E-state index contributed by atoms with van der Waals surface area (Å²) in [4.78, 5) is 28.9. The van der Waals surface area contributed by atoms with Gasteiger partial charge in [-0.3, -0.25) is 9.78 Å². The topological polar surface area (TPSA) is 85.7 Å². The van der Waals surface area contributed by atoms with Crippen LogP contribution < -0.4 is 9.47 Å². The monoisotopic (exact) mass is 587 g/mol. The predicted octanol–water partition coefficient (Wildman–Crippen LogP) is 4.56. The summed E-state index contributed by atoms with van der Waals surface area (Å²) in [5, 5.41) is 10.2. The van der Waals surface area contributed by atoms with E-state index in [1.807, 2.05) is 6.92 Å². The largest absolute Gasteiger partial charge is 0.481 e. The van der Waals surface area contributed by atoms with Gasteiger partial charge in [0, 0.05) is 31.7 Å². The summed E-state index contributed by atoms with van der Waals surface area (Å²) in [6.45, 7) is 7.22. The Morgan fingerprint density at radius 3 is 2.62 bits per heavy atom. The summed E-state index contributed by atoms with van der Waals surface area (Å²) >= 11 is 1.34. The van der Waals surface area contributed by atoms with Gasteiger partial charge in [-0.1, -0.05) is 11.3 Å². The normalized spacial score (nSPS) is 26.4. The van der Waals surface area contributed by atoms with Crippen molar-refractivity contribution in [3.05, 3.63) is 41.6 Å². The Morgan fingerprint density at radius 1 is 1.18 bits per heavy atom. The Hall–Kier alpha value is -2.77. The first-order valence-electron chi connectivity index (χ1n) is 13.5. The lowest BCUT2D eigenvalue weighted by Gasteiger charge is -2.52. The van der Waals surface area contributed by atoms with E-state index in [4.69, 9.17) is 0 Å². The second-order valence-corrected chi connectivity index (χ2v) is 13.1. The number of rotatable bonds is 7. The molecular weight excluding hydrogens is 557 g/mol. The van der Waals surface area contributed by atoms with Gasteiger partial charge in [0.15, 0.2) is 27.0 Å². The van der Waals surface area contributed by atoms with Gasteiger partial charge in [0.05, 0.1) is 35.2 Å². The highest BCUT2D eigenvalue weighted by Gasteiger charge is 2.49. The average molecular weight is 588 g/mol. The SMILES string of the molecule is C[C@@H](c1ncc(F)cc1F)N([Si])c1c(F)cnc2nc(N3CC([C@H]4CCCN(C5CC(C)(C(=O)O)C5)C4)C3)sc12. The summed E-state index contributed by atoms with van der Waals surface area (Å²) in [5.74, 6) is -1.81. The molecule has 5 heterocycles. The molecule has 1 aliphatic carbocycles. The average Bonchev–Trinajstić information content (AvgIpc) is 3.28. The molecule has 3 aromatic rings. The number of carboxylic acids is 1.